The summed E-state index contributed by atoms with van der Waals surface area (Å²) >= 11 is 0. The monoisotopic (exact) mass is 380 g/mol. The van der Waals surface area contributed by atoms with E-state index in [9.17, 15) is 0 Å². The van der Waals surface area contributed by atoms with E-state index >= 15 is 0 Å². The number of benzene rings is 1. The van der Waals surface area contributed by atoms with Gasteiger partial charge in [0.2, 0.25) is 0 Å². The molecule has 0 N–H and O–H groups in total. The third kappa shape index (κ3) is 3.94. The third-order valence-corrected chi connectivity index (χ3v) is 5.61. The van der Waals surface area contributed by atoms with Gasteiger partial charge in [-0.1, -0.05) is 6.07 Å². The molecule has 28 heavy (non-hydrogen) atoms. The fourth-order valence-electron chi connectivity index (χ4n) is 3.78. The first-order valence-corrected chi connectivity index (χ1v) is 9.76. The predicted molar refractivity (Wildman–Crippen MR) is 107 cm³/mol. The minimum atomic E-state index is 0.654. The van der Waals surface area contributed by atoms with Crippen molar-refractivity contribution in [2.24, 2.45) is 7.05 Å². The van der Waals surface area contributed by atoms with Crippen molar-refractivity contribution in [3.8, 4) is 5.75 Å². The molecule has 0 amide bonds. The molecular formula is C21H28N6O. The SMILES string of the molecule is COc1ccc(CN(Cc2c(C)nn(C)c2C)C2CC2)cc1Cn1cncn1. The molecule has 3 aromatic rings. The summed E-state index contributed by atoms with van der Waals surface area (Å²) in [5.74, 6) is 0.885. The first kappa shape index (κ1) is 18.7. The van der Waals surface area contributed by atoms with Gasteiger partial charge in [-0.25, -0.2) is 9.67 Å². The third-order valence-electron chi connectivity index (χ3n) is 5.61. The highest BCUT2D eigenvalue weighted by molar-refractivity contribution is 5.37. The highest BCUT2D eigenvalue weighted by Gasteiger charge is 2.30. The van der Waals surface area contributed by atoms with Crippen molar-refractivity contribution in [3.63, 3.8) is 0 Å². The molecule has 7 heteroatoms. The van der Waals surface area contributed by atoms with E-state index in [0.29, 0.717) is 12.6 Å². The lowest BCUT2D eigenvalue weighted by Crippen LogP contribution is -2.25. The molecule has 1 aliphatic rings. The maximum absolute atomic E-state index is 5.56. The Kier molecular flexibility index (Phi) is 5.17. The van der Waals surface area contributed by atoms with Gasteiger partial charge in [0, 0.05) is 43.0 Å². The van der Waals surface area contributed by atoms with Crippen LogP contribution in [0.3, 0.4) is 0 Å². The average molecular weight is 380 g/mol. The molecule has 0 saturated heterocycles. The van der Waals surface area contributed by atoms with Gasteiger partial charge in [-0.05, 0) is 44.4 Å². The van der Waals surface area contributed by atoms with Crippen LogP contribution in [0.5, 0.6) is 5.75 Å². The second-order valence-electron chi connectivity index (χ2n) is 7.65. The Morgan fingerprint density at radius 1 is 1.21 bits per heavy atom. The summed E-state index contributed by atoms with van der Waals surface area (Å²) in [4.78, 5) is 6.62. The minimum absolute atomic E-state index is 0.654. The van der Waals surface area contributed by atoms with E-state index in [4.69, 9.17) is 4.74 Å². The fourth-order valence-corrected chi connectivity index (χ4v) is 3.78. The first-order chi connectivity index (χ1) is 13.5. The standard InChI is InChI=1S/C21H28N6O/c1-15-20(16(2)25(3)24-15)12-26(19-6-7-19)10-17-5-8-21(28-4)18(9-17)11-27-14-22-13-23-27/h5,8-9,13-14,19H,6-7,10-12H2,1-4H3. The zero-order valence-corrected chi connectivity index (χ0v) is 17.1. The van der Waals surface area contributed by atoms with Crippen molar-refractivity contribution >= 4 is 0 Å². The molecule has 2 heterocycles. The van der Waals surface area contributed by atoms with Gasteiger partial charge in [0.15, 0.2) is 0 Å². The smallest absolute Gasteiger partial charge is 0.137 e. The number of methoxy groups -OCH3 is 1. The van der Waals surface area contributed by atoms with Gasteiger partial charge in [0.25, 0.3) is 0 Å². The molecule has 1 aromatic carbocycles. The number of nitrogens with zero attached hydrogens (tertiary/aromatic N) is 6. The lowest BCUT2D eigenvalue weighted by atomic mass is 10.1. The van der Waals surface area contributed by atoms with E-state index in [2.05, 4.69) is 52.1 Å². The summed E-state index contributed by atoms with van der Waals surface area (Å²) in [6.07, 6.45) is 5.85. The number of ether oxygens (including phenoxy) is 1. The average Bonchev–Trinajstić information content (AvgIpc) is 3.35. The largest absolute Gasteiger partial charge is 0.496 e. The number of rotatable bonds is 8. The van der Waals surface area contributed by atoms with E-state index in [-0.39, 0.29) is 0 Å². The fraction of sp³-hybridized carbons (Fsp3) is 0.476. The van der Waals surface area contributed by atoms with Gasteiger partial charge >= 0.3 is 0 Å². The van der Waals surface area contributed by atoms with Crippen LogP contribution in [0.4, 0.5) is 0 Å². The van der Waals surface area contributed by atoms with Gasteiger partial charge < -0.3 is 4.74 Å². The van der Waals surface area contributed by atoms with Crippen LogP contribution in [-0.4, -0.2) is 42.6 Å². The Morgan fingerprint density at radius 2 is 2.04 bits per heavy atom. The van der Waals surface area contributed by atoms with Crippen molar-refractivity contribution in [2.75, 3.05) is 7.11 Å². The molecule has 7 nitrogen and oxygen atoms in total. The number of hydrogen-bond acceptors (Lipinski definition) is 5. The van der Waals surface area contributed by atoms with Crippen LogP contribution in [0, 0.1) is 13.8 Å². The summed E-state index contributed by atoms with van der Waals surface area (Å²) in [5, 5.41) is 8.81. The summed E-state index contributed by atoms with van der Waals surface area (Å²) in [6.45, 7) is 6.79. The second kappa shape index (κ2) is 7.75. The molecule has 0 spiro atoms. The number of aromatic nitrogens is 5. The van der Waals surface area contributed by atoms with Crippen LogP contribution >= 0.6 is 0 Å². The molecule has 0 radical (unpaired) electrons. The van der Waals surface area contributed by atoms with Crippen molar-refractivity contribution in [2.45, 2.75) is 52.4 Å². The topological polar surface area (TPSA) is 61.0 Å². The van der Waals surface area contributed by atoms with E-state index < -0.39 is 0 Å². The molecule has 0 unspecified atom stereocenters. The second-order valence-corrected chi connectivity index (χ2v) is 7.65. The minimum Gasteiger partial charge on any atom is -0.496 e. The van der Waals surface area contributed by atoms with Gasteiger partial charge in [-0.15, -0.1) is 0 Å². The number of aryl methyl sites for hydroxylation is 2. The Morgan fingerprint density at radius 3 is 2.64 bits per heavy atom. The van der Waals surface area contributed by atoms with Gasteiger partial charge in [-0.3, -0.25) is 9.58 Å². The van der Waals surface area contributed by atoms with E-state index in [1.807, 2.05) is 16.4 Å². The van der Waals surface area contributed by atoms with Crippen LogP contribution in [0.1, 0.15) is 40.9 Å². The summed E-state index contributed by atoms with van der Waals surface area (Å²) in [6, 6.07) is 7.13. The zero-order chi connectivity index (χ0) is 19.7. The molecule has 0 aliphatic heterocycles. The lowest BCUT2D eigenvalue weighted by Gasteiger charge is -2.23. The first-order valence-electron chi connectivity index (χ1n) is 9.76. The van der Waals surface area contributed by atoms with E-state index in [0.717, 1.165) is 30.1 Å². The molecule has 1 saturated carbocycles. The lowest BCUT2D eigenvalue weighted by molar-refractivity contribution is 0.244. The molecule has 0 atom stereocenters. The Bertz CT molecular complexity index is 942. The van der Waals surface area contributed by atoms with Crippen molar-refractivity contribution in [1.29, 1.82) is 0 Å². The zero-order valence-electron chi connectivity index (χ0n) is 17.1. The van der Waals surface area contributed by atoms with Crippen molar-refractivity contribution in [3.05, 3.63) is 58.9 Å². The molecule has 1 fully saturated rings. The Labute approximate surface area is 165 Å². The molecule has 148 valence electrons. The van der Waals surface area contributed by atoms with E-state index in [1.54, 1.807) is 19.8 Å². The predicted octanol–water partition coefficient (Wildman–Crippen LogP) is 2.85. The van der Waals surface area contributed by atoms with Crippen LogP contribution in [0.2, 0.25) is 0 Å². The van der Waals surface area contributed by atoms with Crippen molar-refractivity contribution < 1.29 is 4.74 Å². The van der Waals surface area contributed by atoms with Gasteiger partial charge in [-0.2, -0.15) is 10.2 Å². The molecule has 1 aliphatic carbocycles. The van der Waals surface area contributed by atoms with Gasteiger partial charge in [0.05, 0.1) is 19.3 Å². The van der Waals surface area contributed by atoms with Crippen LogP contribution < -0.4 is 4.74 Å². The quantitative estimate of drug-likeness (QED) is 0.601. The van der Waals surface area contributed by atoms with Crippen molar-refractivity contribution in [1.82, 2.24) is 29.4 Å². The van der Waals surface area contributed by atoms with E-state index in [1.165, 1.54) is 29.7 Å². The maximum atomic E-state index is 5.56. The Hall–Kier alpha value is -2.67. The van der Waals surface area contributed by atoms with Gasteiger partial charge in [0.1, 0.15) is 18.4 Å². The highest BCUT2D eigenvalue weighted by Crippen LogP contribution is 2.32. The summed E-state index contributed by atoms with van der Waals surface area (Å²) < 4.78 is 9.37. The van der Waals surface area contributed by atoms with Crippen LogP contribution in [0.15, 0.2) is 30.9 Å². The maximum Gasteiger partial charge on any atom is 0.137 e. The summed E-state index contributed by atoms with van der Waals surface area (Å²) in [7, 11) is 3.73. The molecule has 2 aromatic heterocycles. The van der Waals surface area contributed by atoms with Crippen LogP contribution in [0.25, 0.3) is 0 Å². The number of hydrogen-bond donors (Lipinski definition) is 0. The highest BCUT2D eigenvalue weighted by atomic mass is 16.5. The Balaban J connectivity index is 1.55. The molecular weight excluding hydrogens is 352 g/mol. The summed E-state index contributed by atoms with van der Waals surface area (Å²) in [5.41, 5.74) is 6.15. The molecule has 4 rings (SSSR count). The van der Waals surface area contributed by atoms with Crippen LogP contribution in [-0.2, 0) is 26.7 Å². The molecule has 0 bridgehead atoms. The normalized spacial score (nSPS) is 14.0.